The molecule has 0 bridgehead atoms. The first-order valence-electron chi connectivity index (χ1n) is 8.72. The zero-order valence-corrected chi connectivity index (χ0v) is 14.9. The summed E-state index contributed by atoms with van der Waals surface area (Å²) in [6, 6.07) is 13.9. The number of carbonyl (C=O) groups is 1. The summed E-state index contributed by atoms with van der Waals surface area (Å²) in [6.45, 7) is 1.82. The van der Waals surface area contributed by atoms with E-state index in [9.17, 15) is 4.79 Å². The maximum absolute atomic E-state index is 12.7. The van der Waals surface area contributed by atoms with Gasteiger partial charge in [0.15, 0.2) is 0 Å². The molecule has 1 aromatic carbocycles. The van der Waals surface area contributed by atoms with Gasteiger partial charge in [-0.25, -0.2) is 4.98 Å². The SMILES string of the molecule is COc1cccc(CC(=O)N(C)[C@@H]2CCCN(c3ccccn3)C2)c1. The minimum Gasteiger partial charge on any atom is -0.497 e. The van der Waals surface area contributed by atoms with Crippen molar-refractivity contribution in [2.24, 2.45) is 0 Å². The molecule has 5 heteroatoms. The third-order valence-electron chi connectivity index (χ3n) is 4.80. The van der Waals surface area contributed by atoms with Crippen molar-refractivity contribution in [1.82, 2.24) is 9.88 Å². The average Bonchev–Trinajstić information content (AvgIpc) is 2.68. The number of benzene rings is 1. The van der Waals surface area contributed by atoms with Gasteiger partial charge in [0, 0.05) is 32.4 Å². The number of likely N-dealkylation sites (N-methyl/N-ethyl adjacent to an activating group) is 1. The number of carbonyl (C=O) groups excluding carboxylic acids is 1. The Hall–Kier alpha value is -2.56. The molecule has 1 fully saturated rings. The van der Waals surface area contributed by atoms with Gasteiger partial charge in [-0.1, -0.05) is 18.2 Å². The van der Waals surface area contributed by atoms with Crippen molar-refractivity contribution >= 4 is 11.7 Å². The molecule has 0 unspecified atom stereocenters. The first-order valence-corrected chi connectivity index (χ1v) is 8.72. The Kier molecular flexibility index (Phi) is 5.53. The van der Waals surface area contributed by atoms with Crippen molar-refractivity contribution in [2.45, 2.75) is 25.3 Å². The Labute approximate surface area is 149 Å². The molecular weight excluding hydrogens is 314 g/mol. The molecule has 1 amide bonds. The molecule has 2 heterocycles. The highest BCUT2D eigenvalue weighted by atomic mass is 16.5. The van der Waals surface area contributed by atoms with Crippen LogP contribution < -0.4 is 9.64 Å². The van der Waals surface area contributed by atoms with Gasteiger partial charge in [-0.05, 0) is 42.7 Å². The lowest BCUT2D eigenvalue weighted by Gasteiger charge is -2.38. The van der Waals surface area contributed by atoms with Gasteiger partial charge in [0.25, 0.3) is 0 Å². The van der Waals surface area contributed by atoms with E-state index in [1.165, 1.54) is 0 Å². The maximum Gasteiger partial charge on any atom is 0.227 e. The third kappa shape index (κ3) is 4.29. The molecule has 2 aromatic rings. The first-order chi connectivity index (χ1) is 12.2. The van der Waals surface area contributed by atoms with Gasteiger partial charge in [-0.3, -0.25) is 4.79 Å². The Morgan fingerprint density at radius 3 is 2.96 bits per heavy atom. The average molecular weight is 339 g/mol. The number of hydrogen-bond donors (Lipinski definition) is 0. The summed E-state index contributed by atoms with van der Waals surface area (Å²) in [6.07, 6.45) is 4.31. The minimum absolute atomic E-state index is 0.140. The van der Waals surface area contributed by atoms with E-state index >= 15 is 0 Å². The van der Waals surface area contributed by atoms with Crippen LogP contribution in [-0.4, -0.2) is 49.1 Å². The maximum atomic E-state index is 12.7. The summed E-state index contributed by atoms with van der Waals surface area (Å²) in [7, 11) is 3.55. The summed E-state index contributed by atoms with van der Waals surface area (Å²) in [5, 5.41) is 0. The summed E-state index contributed by atoms with van der Waals surface area (Å²) in [5.74, 6) is 1.91. The van der Waals surface area contributed by atoms with Gasteiger partial charge in [-0.15, -0.1) is 0 Å². The highest BCUT2D eigenvalue weighted by Gasteiger charge is 2.26. The van der Waals surface area contributed by atoms with Gasteiger partial charge in [0.1, 0.15) is 11.6 Å². The van der Waals surface area contributed by atoms with E-state index in [2.05, 4.69) is 9.88 Å². The third-order valence-corrected chi connectivity index (χ3v) is 4.80. The van der Waals surface area contributed by atoms with Crippen LogP contribution in [0.15, 0.2) is 48.7 Å². The molecule has 1 atom stereocenters. The second-order valence-electron chi connectivity index (χ2n) is 6.46. The number of amides is 1. The normalized spacial score (nSPS) is 17.2. The van der Waals surface area contributed by atoms with E-state index in [1.54, 1.807) is 7.11 Å². The van der Waals surface area contributed by atoms with E-state index in [4.69, 9.17) is 4.74 Å². The molecule has 0 saturated carbocycles. The number of pyridine rings is 1. The molecular formula is C20H25N3O2. The number of piperidine rings is 1. The fraction of sp³-hybridized carbons (Fsp3) is 0.400. The van der Waals surface area contributed by atoms with Gasteiger partial charge in [0.2, 0.25) is 5.91 Å². The van der Waals surface area contributed by atoms with Crippen LogP contribution >= 0.6 is 0 Å². The molecule has 132 valence electrons. The lowest BCUT2D eigenvalue weighted by molar-refractivity contribution is -0.131. The molecule has 1 saturated heterocycles. The van der Waals surface area contributed by atoms with Gasteiger partial charge in [0.05, 0.1) is 13.5 Å². The second kappa shape index (κ2) is 8.01. The van der Waals surface area contributed by atoms with Crippen molar-refractivity contribution in [3.8, 4) is 5.75 Å². The Morgan fingerprint density at radius 1 is 1.32 bits per heavy atom. The van der Waals surface area contributed by atoms with Crippen LogP contribution in [0.5, 0.6) is 5.75 Å². The molecule has 1 aliphatic rings. The molecule has 0 spiro atoms. The highest BCUT2D eigenvalue weighted by molar-refractivity contribution is 5.79. The van der Waals surface area contributed by atoms with Crippen LogP contribution in [0.1, 0.15) is 18.4 Å². The molecule has 0 aliphatic carbocycles. The molecule has 5 nitrogen and oxygen atoms in total. The van der Waals surface area contributed by atoms with Crippen molar-refractivity contribution in [2.75, 3.05) is 32.1 Å². The van der Waals surface area contributed by atoms with E-state index in [1.807, 2.05) is 60.6 Å². The lowest BCUT2D eigenvalue weighted by atomic mass is 10.0. The highest BCUT2D eigenvalue weighted by Crippen LogP contribution is 2.21. The number of ether oxygens (including phenoxy) is 1. The van der Waals surface area contributed by atoms with Crippen LogP contribution in [-0.2, 0) is 11.2 Å². The fourth-order valence-corrected chi connectivity index (χ4v) is 3.31. The first kappa shape index (κ1) is 17.3. The smallest absolute Gasteiger partial charge is 0.227 e. The fourth-order valence-electron chi connectivity index (χ4n) is 3.31. The van der Waals surface area contributed by atoms with E-state index in [0.717, 1.165) is 43.1 Å². The standard InChI is InChI=1S/C20H25N3O2/c1-22(20(24)14-16-7-5-9-18(13-16)25-2)17-8-6-12-23(15-17)19-10-3-4-11-21-19/h3-5,7,9-11,13,17H,6,8,12,14-15H2,1-2H3/t17-/m1/s1. The predicted molar refractivity (Wildman–Crippen MR) is 98.9 cm³/mol. The number of rotatable bonds is 5. The largest absolute Gasteiger partial charge is 0.497 e. The molecule has 1 aliphatic heterocycles. The number of anilines is 1. The number of nitrogens with zero attached hydrogens (tertiary/aromatic N) is 3. The van der Waals surface area contributed by atoms with Crippen LogP contribution in [0.4, 0.5) is 5.82 Å². The second-order valence-corrected chi connectivity index (χ2v) is 6.46. The topological polar surface area (TPSA) is 45.7 Å². The molecule has 3 rings (SSSR count). The van der Waals surface area contributed by atoms with Crippen molar-refractivity contribution in [1.29, 1.82) is 0 Å². The van der Waals surface area contributed by atoms with Crippen LogP contribution in [0.25, 0.3) is 0 Å². The summed E-state index contributed by atoms with van der Waals surface area (Å²) < 4.78 is 5.24. The summed E-state index contributed by atoms with van der Waals surface area (Å²) in [4.78, 5) is 21.3. The van der Waals surface area contributed by atoms with Crippen LogP contribution in [0.2, 0.25) is 0 Å². The van der Waals surface area contributed by atoms with Crippen molar-refractivity contribution in [3.05, 3.63) is 54.2 Å². The van der Waals surface area contributed by atoms with E-state index < -0.39 is 0 Å². The molecule has 0 N–H and O–H groups in total. The Morgan fingerprint density at radius 2 is 2.20 bits per heavy atom. The van der Waals surface area contributed by atoms with Gasteiger partial charge < -0.3 is 14.5 Å². The Balaban J connectivity index is 1.63. The summed E-state index contributed by atoms with van der Waals surface area (Å²) in [5.41, 5.74) is 0.980. The monoisotopic (exact) mass is 339 g/mol. The zero-order chi connectivity index (χ0) is 17.6. The minimum atomic E-state index is 0.140. The van der Waals surface area contributed by atoms with Crippen LogP contribution in [0, 0.1) is 0 Å². The number of aromatic nitrogens is 1. The van der Waals surface area contributed by atoms with E-state index in [-0.39, 0.29) is 11.9 Å². The van der Waals surface area contributed by atoms with Gasteiger partial charge in [-0.2, -0.15) is 0 Å². The van der Waals surface area contributed by atoms with Gasteiger partial charge >= 0.3 is 0 Å². The molecule has 1 aromatic heterocycles. The number of methoxy groups -OCH3 is 1. The Bertz CT molecular complexity index is 705. The van der Waals surface area contributed by atoms with Crippen LogP contribution in [0.3, 0.4) is 0 Å². The van der Waals surface area contributed by atoms with E-state index in [0.29, 0.717) is 6.42 Å². The molecule has 25 heavy (non-hydrogen) atoms. The summed E-state index contributed by atoms with van der Waals surface area (Å²) >= 11 is 0. The number of hydrogen-bond acceptors (Lipinski definition) is 4. The quantitative estimate of drug-likeness (QED) is 0.840. The molecule has 0 radical (unpaired) electrons. The predicted octanol–water partition coefficient (Wildman–Crippen LogP) is 2.76. The zero-order valence-electron chi connectivity index (χ0n) is 14.9. The lowest BCUT2D eigenvalue weighted by Crippen LogP contribution is -2.49. The van der Waals surface area contributed by atoms with Crippen molar-refractivity contribution in [3.63, 3.8) is 0 Å². The van der Waals surface area contributed by atoms with Crippen molar-refractivity contribution < 1.29 is 9.53 Å².